The first kappa shape index (κ1) is 23.0. The van der Waals surface area contributed by atoms with Gasteiger partial charge in [0.2, 0.25) is 10.0 Å². The van der Waals surface area contributed by atoms with Crippen LogP contribution < -0.4 is 0 Å². The number of hydrogen-bond donors (Lipinski definition) is 0. The number of nitrogens with zero attached hydrogens (tertiary/aromatic N) is 2. The Morgan fingerprint density at radius 3 is 2.15 bits per heavy atom. The van der Waals surface area contributed by atoms with Crippen molar-refractivity contribution in [1.82, 2.24) is 9.21 Å². The SMILES string of the molecule is Cc1ccc(S(=O)(=O)N2C[C@@H](C)N(C(=O)OCc3ccccc3)[C@H](c3ccccc3)C2)cc1. The van der Waals surface area contributed by atoms with Gasteiger partial charge in [0.05, 0.1) is 10.9 Å². The fourth-order valence-electron chi connectivity index (χ4n) is 4.14. The minimum absolute atomic E-state index is 0.158. The molecule has 2 atom stereocenters. The maximum Gasteiger partial charge on any atom is 0.410 e. The second-order valence-electron chi connectivity index (χ2n) is 8.36. The number of aryl methyl sites for hydroxylation is 1. The molecule has 0 unspecified atom stereocenters. The topological polar surface area (TPSA) is 66.9 Å². The van der Waals surface area contributed by atoms with E-state index >= 15 is 0 Å². The highest BCUT2D eigenvalue weighted by Crippen LogP contribution is 2.32. The Labute approximate surface area is 195 Å². The number of benzene rings is 3. The number of piperazine rings is 1. The Bertz CT molecular complexity index is 1180. The number of rotatable bonds is 5. The molecule has 0 bridgehead atoms. The molecule has 7 heteroatoms. The van der Waals surface area contributed by atoms with E-state index in [-0.39, 0.29) is 30.6 Å². The number of carbonyl (C=O) groups excluding carboxylic acids is 1. The highest BCUT2D eigenvalue weighted by Gasteiger charge is 2.41. The highest BCUT2D eigenvalue weighted by molar-refractivity contribution is 7.89. The highest BCUT2D eigenvalue weighted by atomic mass is 32.2. The first-order valence-corrected chi connectivity index (χ1v) is 12.4. The second kappa shape index (κ2) is 9.77. The molecule has 0 radical (unpaired) electrons. The predicted octanol–water partition coefficient (Wildman–Crippen LogP) is 4.77. The molecule has 33 heavy (non-hydrogen) atoms. The summed E-state index contributed by atoms with van der Waals surface area (Å²) in [7, 11) is -3.70. The lowest BCUT2D eigenvalue weighted by Crippen LogP contribution is -2.56. The average molecular weight is 465 g/mol. The molecule has 1 aliphatic rings. The smallest absolute Gasteiger partial charge is 0.410 e. The van der Waals surface area contributed by atoms with Crippen LogP contribution in [0.3, 0.4) is 0 Å². The van der Waals surface area contributed by atoms with Crippen molar-refractivity contribution in [1.29, 1.82) is 0 Å². The molecule has 1 amide bonds. The van der Waals surface area contributed by atoms with Gasteiger partial charge in [-0.25, -0.2) is 13.2 Å². The normalized spacial score (nSPS) is 19.3. The zero-order valence-corrected chi connectivity index (χ0v) is 19.6. The maximum atomic E-state index is 13.4. The lowest BCUT2D eigenvalue weighted by molar-refractivity contribution is 0.0350. The van der Waals surface area contributed by atoms with Gasteiger partial charge in [0.1, 0.15) is 6.61 Å². The average Bonchev–Trinajstić information content (AvgIpc) is 2.83. The summed E-state index contributed by atoms with van der Waals surface area (Å²) in [6.45, 7) is 4.29. The monoisotopic (exact) mass is 464 g/mol. The fraction of sp³-hybridized carbons (Fsp3) is 0.269. The van der Waals surface area contributed by atoms with Crippen LogP contribution in [0.25, 0.3) is 0 Å². The molecule has 0 spiro atoms. The Balaban J connectivity index is 1.60. The molecule has 3 aromatic carbocycles. The van der Waals surface area contributed by atoms with Crippen LogP contribution in [0.5, 0.6) is 0 Å². The second-order valence-corrected chi connectivity index (χ2v) is 10.3. The van der Waals surface area contributed by atoms with Gasteiger partial charge < -0.3 is 4.74 Å². The van der Waals surface area contributed by atoms with E-state index in [1.165, 1.54) is 4.31 Å². The van der Waals surface area contributed by atoms with Gasteiger partial charge in [0.25, 0.3) is 0 Å². The van der Waals surface area contributed by atoms with Crippen molar-refractivity contribution in [2.75, 3.05) is 13.1 Å². The third kappa shape index (κ3) is 5.10. The van der Waals surface area contributed by atoms with Gasteiger partial charge in [-0.1, -0.05) is 78.4 Å². The summed E-state index contributed by atoms with van der Waals surface area (Å²) >= 11 is 0. The molecule has 3 aromatic rings. The number of carbonyl (C=O) groups is 1. The molecule has 1 saturated heterocycles. The molecule has 0 saturated carbocycles. The van der Waals surface area contributed by atoms with Gasteiger partial charge in [-0.3, -0.25) is 4.90 Å². The molecule has 1 heterocycles. The third-order valence-corrected chi connectivity index (χ3v) is 7.76. The van der Waals surface area contributed by atoms with E-state index in [4.69, 9.17) is 4.74 Å². The van der Waals surface area contributed by atoms with Gasteiger partial charge >= 0.3 is 6.09 Å². The summed E-state index contributed by atoms with van der Waals surface area (Å²) in [6.07, 6.45) is -0.451. The van der Waals surface area contributed by atoms with Crippen LogP contribution in [0.4, 0.5) is 4.79 Å². The molecule has 172 valence electrons. The Kier molecular flexibility index (Phi) is 6.81. The van der Waals surface area contributed by atoms with E-state index in [2.05, 4.69) is 0 Å². The molecular weight excluding hydrogens is 436 g/mol. The quantitative estimate of drug-likeness (QED) is 0.546. The van der Waals surface area contributed by atoms with Crippen LogP contribution in [-0.2, 0) is 21.4 Å². The summed E-state index contributed by atoms with van der Waals surface area (Å²) in [5, 5.41) is 0. The third-order valence-electron chi connectivity index (χ3n) is 5.91. The Morgan fingerprint density at radius 1 is 0.909 bits per heavy atom. The fourth-order valence-corrected chi connectivity index (χ4v) is 5.67. The number of sulfonamides is 1. The molecule has 6 nitrogen and oxygen atoms in total. The summed E-state index contributed by atoms with van der Waals surface area (Å²) in [5.41, 5.74) is 2.76. The van der Waals surface area contributed by atoms with Crippen molar-refractivity contribution in [3.8, 4) is 0 Å². The molecular formula is C26H28N2O4S. The van der Waals surface area contributed by atoms with Gasteiger partial charge in [-0.05, 0) is 37.1 Å². The van der Waals surface area contributed by atoms with Crippen LogP contribution >= 0.6 is 0 Å². The molecule has 0 aliphatic carbocycles. The number of hydrogen-bond acceptors (Lipinski definition) is 4. The minimum Gasteiger partial charge on any atom is -0.445 e. The van der Waals surface area contributed by atoms with Gasteiger partial charge in [-0.2, -0.15) is 4.31 Å². The Morgan fingerprint density at radius 2 is 1.52 bits per heavy atom. The first-order valence-electron chi connectivity index (χ1n) is 11.0. The molecule has 1 aliphatic heterocycles. The van der Waals surface area contributed by atoms with E-state index in [0.717, 1.165) is 16.7 Å². The van der Waals surface area contributed by atoms with E-state index in [9.17, 15) is 13.2 Å². The van der Waals surface area contributed by atoms with E-state index < -0.39 is 22.2 Å². The van der Waals surface area contributed by atoms with E-state index in [1.54, 1.807) is 29.2 Å². The van der Waals surface area contributed by atoms with Crippen LogP contribution in [0.2, 0.25) is 0 Å². The minimum atomic E-state index is -3.70. The van der Waals surface area contributed by atoms with Crippen molar-refractivity contribution in [3.63, 3.8) is 0 Å². The lowest BCUT2D eigenvalue weighted by atomic mass is 10.0. The summed E-state index contributed by atoms with van der Waals surface area (Å²) < 4.78 is 33.9. The Hall–Kier alpha value is -3.16. The van der Waals surface area contributed by atoms with Crippen LogP contribution in [-0.4, -0.2) is 42.8 Å². The predicted molar refractivity (Wildman–Crippen MR) is 127 cm³/mol. The summed E-state index contributed by atoms with van der Waals surface area (Å²) in [4.78, 5) is 15.1. The largest absolute Gasteiger partial charge is 0.445 e. The van der Waals surface area contributed by atoms with Crippen LogP contribution in [0.15, 0.2) is 89.8 Å². The molecule has 0 aromatic heterocycles. The molecule has 4 rings (SSSR count). The molecule has 1 fully saturated rings. The maximum absolute atomic E-state index is 13.4. The zero-order valence-electron chi connectivity index (χ0n) is 18.8. The van der Waals surface area contributed by atoms with Crippen LogP contribution in [0, 0.1) is 6.92 Å². The standard InChI is InChI=1S/C26H28N2O4S/c1-20-13-15-24(16-14-20)33(30,31)27-17-21(2)28(25(18-27)23-11-7-4-8-12-23)26(29)32-19-22-9-5-3-6-10-22/h3-16,21,25H,17-19H2,1-2H3/t21-,25+/m1/s1. The van der Waals surface area contributed by atoms with Gasteiger partial charge in [0, 0.05) is 19.1 Å². The van der Waals surface area contributed by atoms with E-state index in [0.29, 0.717) is 0 Å². The van der Waals surface area contributed by atoms with Gasteiger partial charge in [0.15, 0.2) is 0 Å². The lowest BCUT2D eigenvalue weighted by Gasteiger charge is -2.44. The van der Waals surface area contributed by atoms with Gasteiger partial charge in [-0.15, -0.1) is 0 Å². The van der Waals surface area contributed by atoms with Crippen molar-refractivity contribution >= 4 is 16.1 Å². The van der Waals surface area contributed by atoms with Crippen molar-refractivity contribution in [2.24, 2.45) is 0 Å². The zero-order chi connectivity index (χ0) is 23.4. The summed E-state index contributed by atoms with van der Waals surface area (Å²) in [6, 6.07) is 25.0. The van der Waals surface area contributed by atoms with Crippen molar-refractivity contribution in [3.05, 3.63) is 102 Å². The van der Waals surface area contributed by atoms with Crippen molar-refractivity contribution < 1.29 is 17.9 Å². The van der Waals surface area contributed by atoms with Crippen molar-refractivity contribution in [2.45, 2.75) is 37.4 Å². The van der Waals surface area contributed by atoms with E-state index in [1.807, 2.05) is 74.5 Å². The van der Waals surface area contributed by atoms with Crippen LogP contribution in [0.1, 0.15) is 29.7 Å². The summed E-state index contributed by atoms with van der Waals surface area (Å²) in [5.74, 6) is 0. The number of ether oxygens (including phenoxy) is 1. The first-order chi connectivity index (χ1) is 15.9. The molecule has 0 N–H and O–H groups in total. The number of amides is 1.